The molecule has 1 fully saturated rings. The quantitative estimate of drug-likeness (QED) is 0.890. The minimum Gasteiger partial charge on any atom is -0.328 e. The van der Waals surface area contributed by atoms with E-state index in [4.69, 9.17) is 5.73 Å². The molecule has 1 saturated carbocycles. The molecule has 0 saturated heterocycles. The van der Waals surface area contributed by atoms with Gasteiger partial charge in [-0.2, -0.15) is 0 Å². The van der Waals surface area contributed by atoms with Gasteiger partial charge in [0.1, 0.15) is 0 Å². The van der Waals surface area contributed by atoms with E-state index in [0.29, 0.717) is 17.9 Å². The van der Waals surface area contributed by atoms with Crippen LogP contribution in [0.2, 0.25) is 0 Å². The molecule has 0 spiro atoms. The first-order valence-electron chi connectivity index (χ1n) is 8.01. The SMILES string of the molecule is CCC(C)N.Cc1cc(C2CC2)nc(Nc2ccccc2)n1. The number of nitrogens with one attached hydrogen (secondary N) is 1. The summed E-state index contributed by atoms with van der Waals surface area (Å²) in [5.41, 5.74) is 8.52. The molecule has 2 aromatic rings. The van der Waals surface area contributed by atoms with Gasteiger partial charge in [-0.1, -0.05) is 25.1 Å². The number of anilines is 2. The van der Waals surface area contributed by atoms with Gasteiger partial charge >= 0.3 is 0 Å². The Labute approximate surface area is 133 Å². The van der Waals surface area contributed by atoms with Crippen LogP contribution >= 0.6 is 0 Å². The van der Waals surface area contributed by atoms with Crippen molar-refractivity contribution < 1.29 is 0 Å². The summed E-state index contributed by atoms with van der Waals surface area (Å²) in [7, 11) is 0. The van der Waals surface area contributed by atoms with Crippen molar-refractivity contribution in [1.82, 2.24) is 9.97 Å². The normalized spacial score (nSPS) is 14.7. The molecule has 1 heterocycles. The standard InChI is InChI=1S/C14H15N3.C4H11N/c1-10-9-13(11-7-8-11)17-14(15-10)16-12-5-3-2-4-6-12;1-3-4(2)5/h2-6,9,11H,7-8H2,1H3,(H,15,16,17);4H,3,5H2,1-2H3. The summed E-state index contributed by atoms with van der Waals surface area (Å²) >= 11 is 0. The van der Waals surface area contributed by atoms with E-state index >= 15 is 0 Å². The average Bonchev–Trinajstić information content (AvgIpc) is 3.33. The molecule has 4 heteroatoms. The lowest BCUT2D eigenvalue weighted by molar-refractivity contribution is 0.715. The summed E-state index contributed by atoms with van der Waals surface area (Å²) in [6, 6.07) is 12.5. The van der Waals surface area contributed by atoms with Gasteiger partial charge in [0.2, 0.25) is 5.95 Å². The lowest BCUT2D eigenvalue weighted by atomic mass is 10.2. The van der Waals surface area contributed by atoms with Crippen LogP contribution in [-0.2, 0) is 0 Å². The van der Waals surface area contributed by atoms with Crippen LogP contribution < -0.4 is 11.1 Å². The third-order valence-electron chi connectivity index (χ3n) is 3.54. The van der Waals surface area contributed by atoms with Crippen molar-refractivity contribution in [2.24, 2.45) is 5.73 Å². The smallest absolute Gasteiger partial charge is 0.227 e. The first-order chi connectivity index (χ1) is 10.6. The molecule has 22 heavy (non-hydrogen) atoms. The number of aromatic nitrogens is 2. The van der Waals surface area contributed by atoms with Gasteiger partial charge in [-0.05, 0) is 51.3 Å². The molecule has 1 aromatic heterocycles. The van der Waals surface area contributed by atoms with Crippen LogP contribution in [0.5, 0.6) is 0 Å². The lowest BCUT2D eigenvalue weighted by Gasteiger charge is -2.07. The molecule has 118 valence electrons. The molecule has 0 radical (unpaired) electrons. The van der Waals surface area contributed by atoms with Gasteiger partial charge in [0.05, 0.1) is 0 Å². The Kier molecular flexibility index (Phi) is 5.90. The molecule has 0 bridgehead atoms. The number of rotatable bonds is 4. The molecule has 1 unspecified atom stereocenters. The predicted octanol–water partition coefficient (Wildman–Crippen LogP) is 4.15. The van der Waals surface area contributed by atoms with E-state index in [9.17, 15) is 0 Å². The Bertz CT molecular complexity index is 577. The third kappa shape index (κ3) is 5.45. The second-order valence-electron chi connectivity index (χ2n) is 5.91. The molecule has 4 nitrogen and oxygen atoms in total. The van der Waals surface area contributed by atoms with E-state index < -0.39 is 0 Å². The van der Waals surface area contributed by atoms with Gasteiger partial charge in [0.15, 0.2) is 0 Å². The zero-order valence-electron chi connectivity index (χ0n) is 13.7. The number of nitrogens with zero attached hydrogens (tertiary/aromatic N) is 2. The van der Waals surface area contributed by atoms with Crippen molar-refractivity contribution >= 4 is 11.6 Å². The Morgan fingerprint density at radius 2 is 1.86 bits per heavy atom. The average molecular weight is 298 g/mol. The lowest BCUT2D eigenvalue weighted by Crippen LogP contribution is -2.11. The Hall–Kier alpha value is -1.94. The summed E-state index contributed by atoms with van der Waals surface area (Å²) in [5, 5.41) is 3.25. The van der Waals surface area contributed by atoms with Crippen LogP contribution in [0.4, 0.5) is 11.6 Å². The highest BCUT2D eigenvalue weighted by atomic mass is 15.1. The Morgan fingerprint density at radius 1 is 1.23 bits per heavy atom. The second-order valence-corrected chi connectivity index (χ2v) is 5.91. The minimum atomic E-state index is 0.384. The van der Waals surface area contributed by atoms with Crippen LogP contribution in [0.3, 0.4) is 0 Å². The number of nitrogens with two attached hydrogens (primary N) is 1. The first-order valence-corrected chi connectivity index (χ1v) is 8.01. The van der Waals surface area contributed by atoms with Crippen molar-refractivity contribution in [1.29, 1.82) is 0 Å². The van der Waals surface area contributed by atoms with Crippen molar-refractivity contribution in [3.05, 3.63) is 47.8 Å². The maximum atomic E-state index is 5.29. The molecule has 3 N–H and O–H groups in total. The summed E-state index contributed by atoms with van der Waals surface area (Å²) < 4.78 is 0. The van der Waals surface area contributed by atoms with Gasteiger partial charge in [-0.25, -0.2) is 9.97 Å². The molecular formula is C18H26N4. The first kappa shape index (κ1) is 16.4. The van der Waals surface area contributed by atoms with Gasteiger partial charge in [-0.3, -0.25) is 0 Å². The largest absolute Gasteiger partial charge is 0.328 e. The zero-order valence-corrected chi connectivity index (χ0v) is 13.7. The van der Waals surface area contributed by atoms with Crippen LogP contribution in [0, 0.1) is 6.92 Å². The van der Waals surface area contributed by atoms with Gasteiger partial charge in [-0.15, -0.1) is 0 Å². The van der Waals surface area contributed by atoms with E-state index in [1.807, 2.05) is 44.2 Å². The topological polar surface area (TPSA) is 63.8 Å². The fraction of sp³-hybridized carbons (Fsp3) is 0.444. The molecule has 1 aliphatic rings. The number of hydrogen-bond acceptors (Lipinski definition) is 4. The maximum absolute atomic E-state index is 5.29. The van der Waals surface area contributed by atoms with E-state index in [0.717, 1.165) is 17.8 Å². The van der Waals surface area contributed by atoms with E-state index in [1.54, 1.807) is 0 Å². The fourth-order valence-corrected chi connectivity index (χ4v) is 1.89. The summed E-state index contributed by atoms with van der Waals surface area (Å²) in [5.74, 6) is 1.37. The van der Waals surface area contributed by atoms with E-state index in [2.05, 4.69) is 28.3 Å². The summed E-state index contributed by atoms with van der Waals surface area (Å²) in [6.45, 7) is 6.09. The van der Waals surface area contributed by atoms with Crippen molar-refractivity contribution in [3.8, 4) is 0 Å². The highest BCUT2D eigenvalue weighted by Crippen LogP contribution is 2.39. The minimum absolute atomic E-state index is 0.384. The number of para-hydroxylation sites is 1. The van der Waals surface area contributed by atoms with Crippen LogP contribution in [-0.4, -0.2) is 16.0 Å². The Morgan fingerprint density at radius 3 is 2.41 bits per heavy atom. The zero-order chi connectivity index (χ0) is 15.9. The third-order valence-corrected chi connectivity index (χ3v) is 3.54. The maximum Gasteiger partial charge on any atom is 0.227 e. The monoisotopic (exact) mass is 298 g/mol. The highest BCUT2D eigenvalue weighted by Gasteiger charge is 2.25. The van der Waals surface area contributed by atoms with Crippen molar-refractivity contribution in [3.63, 3.8) is 0 Å². The van der Waals surface area contributed by atoms with Gasteiger partial charge in [0.25, 0.3) is 0 Å². The predicted molar refractivity (Wildman–Crippen MR) is 92.4 cm³/mol. The molecular weight excluding hydrogens is 272 g/mol. The summed E-state index contributed by atoms with van der Waals surface area (Å²) in [6.07, 6.45) is 3.61. The van der Waals surface area contributed by atoms with Crippen LogP contribution in [0.15, 0.2) is 36.4 Å². The molecule has 0 amide bonds. The summed E-state index contributed by atoms with van der Waals surface area (Å²) in [4.78, 5) is 8.99. The van der Waals surface area contributed by atoms with Crippen LogP contribution in [0.1, 0.15) is 50.4 Å². The molecule has 1 aromatic carbocycles. The van der Waals surface area contributed by atoms with Crippen molar-refractivity contribution in [2.45, 2.75) is 52.0 Å². The fourth-order valence-electron chi connectivity index (χ4n) is 1.89. The van der Waals surface area contributed by atoms with Crippen molar-refractivity contribution in [2.75, 3.05) is 5.32 Å². The van der Waals surface area contributed by atoms with Gasteiger partial charge < -0.3 is 11.1 Å². The molecule has 1 aliphatic carbocycles. The second kappa shape index (κ2) is 7.90. The van der Waals surface area contributed by atoms with Crippen LogP contribution in [0.25, 0.3) is 0 Å². The van der Waals surface area contributed by atoms with E-state index in [-0.39, 0.29) is 0 Å². The highest BCUT2D eigenvalue weighted by molar-refractivity contribution is 5.53. The number of hydrogen-bond donors (Lipinski definition) is 2. The van der Waals surface area contributed by atoms with Gasteiger partial charge in [0, 0.05) is 29.0 Å². The number of benzene rings is 1. The van der Waals surface area contributed by atoms with E-state index in [1.165, 1.54) is 18.5 Å². The molecule has 3 rings (SSSR count). The molecule has 0 aliphatic heterocycles. The Balaban J connectivity index is 0.000000309. The molecule has 1 atom stereocenters. The number of aryl methyl sites for hydroxylation is 1.